The summed E-state index contributed by atoms with van der Waals surface area (Å²) >= 11 is 0. The lowest BCUT2D eigenvalue weighted by molar-refractivity contribution is -0.116. The number of nitrogens with one attached hydrogen (secondary N) is 3. The van der Waals surface area contributed by atoms with Crippen molar-refractivity contribution >= 4 is 34.2 Å². The number of furan rings is 1. The topological polar surface area (TPSA) is 100 Å². The molecule has 0 bridgehead atoms. The second-order valence-electron chi connectivity index (χ2n) is 6.80. The molecule has 0 saturated carbocycles. The molecule has 0 saturated heterocycles. The summed E-state index contributed by atoms with van der Waals surface area (Å²) in [6, 6.07) is 12.1. The van der Waals surface area contributed by atoms with Crippen molar-refractivity contribution in [2.24, 2.45) is 0 Å². The zero-order chi connectivity index (χ0) is 20.0. The normalized spacial score (nSPS) is 13.2. The monoisotopic (exact) mass is 390 g/mol. The summed E-state index contributed by atoms with van der Waals surface area (Å²) in [4.78, 5) is 24.3. The van der Waals surface area contributed by atoms with Crippen LogP contribution >= 0.6 is 0 Å². The zero-order valence-corrected chi connectivity index (χ0v) is 15.1. The molecule has 1 aliphatic heterocycles. The molecule has 29 heavy (non-hydrogen) atoms. The molecule has 0 aliphatic carbocycles. The lowest BCUT2D eigenvalue weighted by Gasteiger charge is -2.18. The number of carbonyl (C=O) groups excluding carboxylic acids is 2. The van der Waals surface area contributed by atoms with Crippen LogP contribution in [0.3, 0.4) is 0 Å². The highest BCUT2D eigenvalue weighted by atomic mass is 19.1. The Balaban J connectivity index is 1.45. The molecule has 4 aromatic rings. The van der Waals surface area contributed by atoms with Crippen LogP contribution in [0.15, 0.2) is 53.1 Å². The molecule has 5 rings (SSSR count). The van der Waals surface area contributed by atoms with E-state index in [2.05, 4.69) is 20.8 Å². The predicted octanol–water partition coefficient (Wildman–Crippen LogP) is 4.10. The van der Waals surface area contributed by atoms with Crippen molar-refractivity contribution in [2.45, 2.75) is 12.8 Å². The molecule has 3 N–H and O–H groups in total. The number of nitrogens with zero attached hydrogens (tertiary/aromatic N) is 1. The Morgan fingerprint density at radius 2 is 2.03 bits per heavy atom. The number of benzene rings is 2. The molecular formula is C21H15FN4O3. The van der Waals surface area contributed by atoms with Crippen LogP contribution in [-0.2, 0) is 11.2 Å². The Morgan fingerprint density at radius 3 is 2.90 bits per heavy atom. The average molecular weight is 390 g/mol. The minimum atomic E-state index is -0.631. The van der Waals surface area contributed by atoms with E-state index in [1.54, 1.807) is 6.07 Å². The second-order valence-corrected chi connectivity index (χ2v) is 6.80. The fraction of sp³-hybridized carbons (Fsp3) is 0.0952. The number of halogens is 1. The van der Waals surface area contributed by atoms with Gasteiger partial charge in [-0.05, 0) is 36.2 Å². The van der Waals surface area contributed by atoms with E-state index in [4.69, 9.17) is 4.42 Å². The van der Waals surface area contributed by atoms with E-state index < -0.39 is 11.7 Å². The molecule has 2 aromatic heterocycles. The second kappa shape index (κ2) is 6.59. The van der Waals surface area contributed by atoms with Crippen molar-refractivity contribution in [3.8, 4) is 11.5 Å². The van der Waals surface area contributed by atoms with Gasteiger partial charge in [0.05, 0.1) is 17.4 Å². The maximum Gasteiger partial charge on any atom is 0.259 e. The number of hydrogen-bond acceptors (Lipinski definition) is 4. The third kappa shape index (κ3) is 3.04. The smallest absolute Gasteiger partial charge is 0.259 e. The number of aryl methyl sites for hydroxylation is 1. The van der Waals surface area contributed by atoms with E-state index in [9.17, 15) is 14.0 Å². The molecule has 2 aromatic carbocycles. The third-order valence-corrected chi connectivity index (χ3v) is 4.89. The van der Waals surface area contributed by atoms with E-state index in [0.29, 0.717) is 35.6 Å². The lowest BCUT2D eigenvalue weighted by atomic mass is 10.0. The number of aromatic nitrogens is 2. The average Bonchev–Trinajstić information content (AvgIpc) is 3.35. The van der Waals surface area contributed by atoms with Crippen molar-refractivity contribution in [1.29, 1.82) is 0 Å². The fourth-order valence-electron chi connectivity index (χ4n) is 3.44. The molecule has 0 radical (unpaired) electrons. The minimum absolute atomic E-state index is 0.0432. The van der Waals surface area contributed by atoms with Gasteiger partial charge in [-0.15, -0.1) is 0 Å². The summed E-state index contributed by atoms with van der Waals surface area (Å²) in [5, 5.41) is 12.8. The molecule has 1 aliphatic rings. The van der Waals surface area contributed by atoms with Crippen LogP contribution in [0, 0.1) is 5.82 Å². The van der Waals surface area contributed by atoms with Gasteiger partial charge in [-0.1, -0.05) is 18.2 Å². The van der Waals surface area contributed by atoms with Crippen LogP contribution in [0.5, 0.6) is 0 Å². The number of hydrogen-bond donors (Lipinski definition) is 3. The number of fused-ring (bicyclic) bond motifs is 2. The third-order valence-electron chi connectivity index (χ3n) is 4.89. The Kier molecular flexibility index (Phi) is 3.90. The van der Waals surface area contributed by atoms with Gasteiger partial charge < -0.3 is 15.1 Å². The van der Waals surface area contributed by atoms with Crippen LogP contribution in [0.2, 0.25) is 0 Å². The maximum absolute atomic E-state index is 14.5. The summed E-state index contributed by atoms with van der Waals surface area (Å²) in [6.07, 6.45) is 2.18. The summed E-state index contributed by atoms with van der Waals surface area (Å²) in [5.41, 5.74) is 2.57. The SMILES string of the molecule is O=C1CCc2cc(NC(=O)c3cn[nH]c3-c3cc4ccccc4o3)c(F)cc2N1. The first-order chi connectivity index (χ1) is 14.1. The number of rotatable bonds is 3. The van der Waals surface area contributed by atoms with Crippen molar-refractivity contribution in [3.05, 3.63) is 65.6 Å². The quantitative estimate of drug-likeness (QED) is 0.490. The van der Waals surface area contributed by atoms with E-state index in [1.165, 1.54) is 12.3 Å². The number of H-pyrrole nitrogens is 1. The molecule has 0 spiro atoms. The number of aromatic amines is 1. The Bertz CT molecular complexity index is 1240. The fourth-order valence-corrected chi connectivity index (χ4v) is 3.44. The van der Waals surface area contributed by atoms with Crippen LogP contribution in [-0.4, -0.2) is 22.0 Å². The first kappa shape index (κ1) is 17.2. The first-order valence-corrected chi connectivity index (χ1v) is 9.04. The Morgan fingerprint density at radius 1 is 1.17 bits per heavy atom. The van der Waals surface area contributed by atoms with Gasteiger partial charge in [-0.3, -0.25) is 14.7 Å². The summed E-state index contributed by atoms with van der Waals surface area (Å²) < 4.78 is 20.3. The molecule has 2 amide bonds. The summed E-state index contributed by atoms with van der Waals surface area (Å²) in [5.74, 6) is -0.842. The van der Waals surface area contributed by atoms with Crippen LogP contribution < -0.4 is 10.6 Å². The van der Waals surface area contributed by atoms with Gasteiger partial charge in [0, 0.05) is 17.5 Å². The highest BCUT2D eigenvalue weighted by Crippen LogP contribution is 2.31. The van der Waals surface area contributed by atoms with Gasteiger partial charge >= 0.3 is 0 Å². The number of amides is 2. The highest BCUT2D eigenvalue weighted by Gasteiger charge is 2.22. The number of anilines is 2. The lowest BCUT2D eigenvalue weighted by Crippen LogP contribution is -2.20. The van der Waals surface area contributed by atoms with Gasteiger partial charge in [0.15, 0.2) is 5.76 Å². The molecule has 0 atom stereocenters. The minimum Gasteiger partial charge on any atom is -0.454 e. The van der Waals surface area contributed by atoms with Crippen LogP contribution in [0.4, 0.5) is 15.8 Å². The van der Waals surface area contributed by atoms with Gasteiger partial charge in [-0.25, -0.2) is 4.39 Å². The number of para-hydroxylation sites is 1. The molecule has 0 unspecified atom stereocenters. The number of carbonyl (C=O) groups is 2. The molecule has 144 valence electrons. The van der Waals surface area contributed by atoms with Crippen LogP contribution in [0.1, 0.15) is 22.3 Å². The largest absolute Gasteiger partial charge is 0.454 e. The van der Waals surface area contributed by atoms with Crippen molar-refractivity contribution in [2.75, 3.05) is 10.6 Å². The molecule has 8 heteroatoms. The van der Waals surface area contributed by atoms with Crippen molar-refractivity contribution < 1.29 is 18.4 Å². The Hall–Kier alpha value is -3.94. The van der Waals surface area contributed by atoms with Gasteiger partial charge in [-0.2, -0.15) is 5.10 Å². The van der Waals surface area contributed by atoms with E-state index in [0.717, 1.165) is 10.9 Å². The zero-order valence-electron chi connectivity index (χ0n) is 15.1. The maximum atomic E-state index is 14.5. The molecule has 0 fully saturated rings. The van der Waals surface area contributed by atoms with Gasteiger partial charge in [0.2, 0.25) is 5.91 Å². The highest BCUT2D eigenvalue weighted by molar-refractivity contribution is 6.08. The predicted molar refractivity (Wildman–Crippen MR) is 105 cm³/mol. The summed E-state index contributed by atoms with van der Waals surface area (Å²) in [6.45, 7) is 0. The molecule has 7 nitrogen and oxygen atoms in total. The van der Waals surface area contributed by atoms with Gasteiger partial charge in [0.25, 0.3) is 5.91 Å². The van der Waals surface area contributed by atoms with Crippen LogP contribution in [0.25, 0.3) is 22.4 Å². The van der Waals surface area contributed by atoms with E-state index >= 15 is 0 Å². The van der Waals surface area contributed by atoms with Crippen molar-refractivity contribution in [1.82, 2.24) is 10.2 Å². The Labute approximate surface area is 163 Å². The van der Waals surface area contributed by atoms with Crippen molar-refractivity contribution in [3.63, 3.8) is 0 Å². The van der Waals surface area contributed by atoms with E-state index in [-0.39, 0.29) is 17.2 Å². The van der Waals surface area contributed by atoms with Gasteiger partial charge in [0.1, 0.15) is 17.1 Å². The molecular weight excluding hydrogens is 375 g/mol. The standard InChI is InChI=1S/C21H15FN4O3/c22-14-9-15-11(5-6-19(27)24-15)7-16(14)25-21(28)13-10-23-26-20(13)18-8-12-3-1-2-4-17(12)29-18/h1-4,7-10H,5-6H2,(H,23,26)(H,24,27)(H,25,28). The molecule has 3 heterocycles. The summed E-state index contributed by atoms with van der Waals surface area (Å²) in [7, 11) is 0. The first-order valence-electron chi connectivity index (χ1n) is 9.04. The van der Waals surface area contributed by atoms with E-state index in [1.807, 2.05) is 30.3 Å².